The zero-order valence-electron chi connectivity index (χ0n) is 13.0. The molecule has 1 aliphatic carbocycles. The Morgan fingerprint density at radius 3 is 2.37 bits per heavy atom. The topological polar surface area (TPSA) is 23.5 Å². The van der Waals surface area contributed by atoms with Crippen LogP contribution in [0.1, 0.15) is 65.2 Å². The number of aliphatic hydroxyl groups excluding tert-OH is 1. The summed E-state index contributed by atoms with van der Waals surface area (Å²) in [6.45, 7) is 8.29. The Balaban J connectivity index is 1.74. The van der Waals surface area contributed by atoms with Crippen molar-refractivity contribution in [3.8, 4) is 0 Å². The second-order valence-corrected chi connectivity index (χ2v) is 6.95. The molecule has 2 heteroatoms. The maximum Gasteiger partial charge on any atom is 0.0580 e. The molecular formula is C17H33NO. The summed E-state index contributed by atoms with van der Waals surface area (Å²) >= 11 is 0. The van der Waals surface area contributed by atoms with Crippen molar-refractivity contribution in [2.24, 2.45) is 17.8 Å². The van der Waals surface area contributed by atoms with E-state index in [1.165, 1.54) is 58.0 Å². The van der Waals surface area contributed by atoms with E-state index in [0.29, 0.717) is 5.92 Å². The van der Waals surface area contributed by atoms with Crippen molar-refractivity contribution in [1.82, 2.24) is 4.90 Å². The molecule has 0 amide bonds. The van der Waals surface area contributed by atoms with Crippen LogP contribution in [0.5, 0.6) is 0 Å². The molecule has 1 heterocycles. The maximum atomic E-state index is 10.2. The van der Waals surface area contributed by atoms with Gasteiger partial charge < -0.3 is 10.0 Å². The fourth-order valence-electron chi connectivity index (χ4n) is 4.11. The smallest absolute Gasteiger partial charge is 0.0580 e. The van der Waals surface area contributed by atoms with Gasteiger partial charge in [-0.15, -0.1) is 0 Å². The normalized spacial score (nSPS) is 34.6. The van der Waals surface area contributed by atoms with Crippen LogP contribution in [0.3, 0.4) is 0 Å². The van der Waals surface area contributed by atoms with Crippen molar-refractivity contribution in [3.63, 3.8) is 0 Å². The highest BCUT2D eigenvalue weighted by molar-refractivity contribution is 4.83. The molecule has 1 aliphatic heterocycles. The molecule has 3 unspecified atom stereocenters. The highest BCUT2D eigenvalue weighted by Crippen LogP contribution is 2.32. The third-order valence-corrected chi connectivity index (χ3v) is 5.53. The van der Waals surface area contributed by atoms with Gasteiger partial charge in [0.15, 0.2) is 0 Å². The van der Waals surface area contributed by atoms with Gasteiger partial charge in [0.25, 0.3) is 0 Å². The molecule has 1 saturated heterocycles. The zero-order valence-corrected chi connectivity index (χ0v) is 13.0. The Morgan fingerprint density at radius 1 is 1.00 bits per heavy atom. The summed E-state index contributed by atoms with van der Waals surface area (Å²) in [5, 5.41) is 10.2. The molecule has 0 radical (unpaired) electrons. The number of hydrogen-bond donors (Lipinski definition) is 1. The Morgan fingerprint density at radius 2 is 1.74 bits per heavy atom. The summed E-state index contributed by atoms with van der Waals surface area (Å²) in [5.74, 6) is 2.38. The van der Waals surface area contributed by atoms with Crippen LogP contribution in [0.25, 0.3) is 0 Å². The predicted molar refractivity (Wildman–Crippen MR) is 81.2 cm³/mol. The van der Waals surface area contributed by atoms with Gasteiger partial charge in [0.05, 0.1) is 6.10 Å². The maximum absolute atomic E-state index is 10.2. The van der Waals surface area contributed by atoms with Crippen LogP contribution in [0.15, 0.2) is 0 Å². The zero-order chi connectivity index (χ0) is 13.7. The van der Waals surface area contributed by atoms with Crippen molar-refractivity contribution >= 4 is 0 Å². The molecule has 0 aromatic carbocycles. The average Bonchev–Trinajstić information content (AvgIpc) is 2.44. The van der Waals surface area contributed by atoms with Gasteiger partial charge in [0.1, 0.15) is 0 Å². The first-order valence-electron chi connectivity index (χ1n) is 8.63. The molecule has 3 atom stereocenters. The van der Waals surface area contributed by atoms with E-state index in [1.54, 1.807) is 0 Å². The highest BCUT2D eigenvalue weighted by Gasteiger charge is 2.30. The van der Waals surface area contributed by atoms with Gasteiger partial charge >= 0.3 is 0 Å². The lowest BCUT2D eigenvalue weighted by Crippen LogP contribution is -2.42. The molecule has 0 spiro atoms. The van der Waals surface area contributed by atoms with Gasteiger partial charge in [-0.1, -0.05) is 33.1 Å². The number of nitrogens with zero attached hydrogens (tertiary/aromatic N) is 1. The Kier molecular flexibility index (Phi) is 6.15. The summed E-state index contributed by atoms with van der Waals surface area (Å²) in [6.07, 6.45) is 10.3. The molecule has 1 saturated carbocycles. The van der Waals surface area contributed by atoms with Gasteiger partial charge in [-0.2, -0.15) is 0 Å². The summed E-state index contributed by atoms with van der Waals surface area (Å²) in [7, 11) is 0. The first kappa shape index (κ1) is 15.3. The van der Waals surface area contributed by atoms with Gasteiger partial charge in [-0.05, 0) is 62.9 Å². The first-order chi connectivity index (χ1) is 9.22. The van der Waals surface area contributed by atoms with Gasteiger partial charge in [0.2, 0.25) is 0 Å². The lowest BCUT2D eigenvalue weighted by Gasteiger charge is -2.39. The lowest BCUT2D eigenvalue weighted by molar-refractivity contribution is 0.0200. The standard InChI is InChI=1S/C17H33NO/c1-3-5-15-8-10-18(11-9-15)13-16-12-14(4-2)6-7-17(16)19/h14-17,19H,3-13H2,1-2H3. The summed E-state index contributed by atoms with van der Waals surface area (Å²) in [6, 6.07) is 0. The number of likely N-dealkylation sites (tertiary alicyclic amines) is 1. The molecule has 2 rings (SSSR count). The van der Waals surface area contributed by atoms with Crippen LogP contribution in [0.4, 0.5) is 0 Å². The van der Waals surface area contributed by atoms with Crippen molar-refractivity contribution < 1.29 is 5.11 Å². The molecule has 2 nitrogen and oxygen atoms in total. The molecule has 112 valence electrons. The number of rotatable bonds is 5. The molecule has 1 N–H and O–H groups in total. The van der Waals surface area contributed by atoms with E-state index in [-0.39, 0.29) is 6.10 Å². The Labute approximate surface area is 119 Å². The minimum absolute atomic E-state index is 0.0313. The SMILES string of the molecule is CCCC1CCN(CC2CC(CC)CCC2O)CC1. The molecule has 19 heavy (non-hydrogen) atoms. The molecular weight excluding hydrogens is 234 g/mol. The quantitative estimate of drug-likeness (QED) is 0.821. The van der Waals surface area contributed by atoms with Crippen LogP contribution >= 0.6 is 0 Å². The van der Waals surface area contributed by atoms with Crippen LogP contribution < -0.4 is 0 Å². The van der Waals surface area contributed by atoms with Crippen molar-refractivity contribution in [2.75, 3.05) is 19.6 Å². The monoisotopic (exact) mass is 267 g/mol. The minimum Gasteiger partial charge on any atom is -0.393 e. The third kappa shape index (κ3) is 4.46. The highest BCUT2D eigenvalue weighted by atomic mass is 16.3. The van der Waals surface area contributed by atoms with Gasteiger partial charge in [0, 0.05) is 6.54 Å². The van der Waals surface area contributed by atoms with E-state index in [9.17, 15) is 5.11 Å². The third-order valence-electron chi connectivity index (χ3n) is 5.53. The Bertz CT molecular complexity index is 248. The molecule has 2 aliphatic rings. The van der Waals surface area contributed by atoms with E-state index >= 15 is 0 Å². The fourth-order valence-corrected chi connectivity index (χ4v) is 4.11. The van der Waals surface area contributed by atoms with E-state index < -0.39 is 0 Å². The summed E-state index contributed by atoms with van der Waals surface area (Å²) < 4.78 is 0. The van der Waals surface area contributed by atoms with Crippen molar-refractivity contribution in [1.29, 1.82) is 0 Å². The summed E-state index contributed by atoms with van der Waals surface area (Å²) in [4.78, 5) is 2.62. The van der Waals surface area contributed by atoms with E-state index in [0.717, 1.165) is 24.8 Å². The molecule has 2 fully saturated rings. The predicted octanol–water partition coefficient (Wildman–Crippen LogP) is 3.69. The lowest BCUT2D eigenvalue weighted by atomic mass is 9.78. The molecule has 0 aromatic rings. The van der Waals surface area contributed by atoms with E-state index in [4.69, 9.17) is 0 Å². The van der Waals surface area contributed by atoms with Crippen molar-refractivity contribution in [2.45, 2.75) is 71.3 Å². The van der Waals surface area contributed by atoms with E-state index in [2.05, 4.69) is 18.7 Å². The van der Waals surface area contributed by atoms with Crippen LogP contribution in [0, 0.1) is 17.8 Å². The van der Waals surface area contributed by atoms with Crippen LogP contribution in [-0.2, 0) is 0 Å². The first-order valence-corrected chi connectivity index (χ1v) is 8.63. The molecule has 0 aromatic heterocycles. The van der Waals surface area contributed by atoms with Crippen molar-refractivity contribution in [3.05, 3.63) is 0 Å². The van der Waals surface area contributed by atoms with Crippen LogP contribution in [-0.4, -0.2) is 35.7 Å². The number of hydrogen-bond acceptors (Lipinski definition) is 2. The fraction of sp³-hybridized carbons (Fsp3) is 1.00. The largest absolute Gasteiger partial charge is 0.393 e. The van der Waals surface area contributed by atoms with Gasteiger partial charge in [-0.25, -0.2) is 0 Å². The Hall–Kier alpha value is -0.0800. The average molecular weight is 267 g/mol. The van der Waals surface area contributed by atoms with Crippen LogP contribution in [0.2, 0.25) is 0 Å². The summed E-state index contributed by atoms with van der Waals surface area (Å²) in [5.41, 5.74) is 0. The second-order valence-electron chi connectivity index (χ2n) is 6.95. The second kappa shape index (κ2) is 7.64. The van der Waals surface area contributed by atoms with Gasteiger partial charge in [-0.3, -0.25) is 0 Å². The number of piperidine rings is 1. The van der Waals surface area contributed by atoms with E-state index in [1.807, 2.05) is 0 Å². The number of aliphatic hydroxyl groups is 1. The molecule has 0 bridgehead atoms. The minimum atomic E-state index is -0.0313.